The molecule has 0 aliphatic carbocycles. The van der Waals surface area contributed by atoms with Crippen molar-refractivity contribution in [2.45, 2.75) is 14.4 Å². The molecule has 200 valence electrons. The number of carbonyl (C=O) groups is 2. The van der Waals surface area contributed by atoms with Crippen molar-refractivity contribution in [1.82, 2.24) is 19.9 Å². The lowest BCUT2D eigenvalue weighted by molar-refractivity contribution is -0.111. The lowest BCUT2D eigenvalue weighted by Crippen LogP contribution is -2.15. The predicted octanol–water partition coefficient (Wildman–Crippen LogP) is 5.54. The summed E-state index contributed by atoms with van der Waals surface area (Å²) in [5.74, 6) is -0.0728. The zero-order valence-corrected chi connectivity index (χ0v) is 21.5. The molecule has 2 aromatic heterocycles. The quantitative estimate of drug-likeness (QED) is 0.247. The lowest BCUT2D eigenvalue weighted by atomic mass is 10.1. The van der Waals surface area contributed by atoms with Gasteiger partial charge in [0.15, 0.2) is 0 Å². The van der Waals surface area contributed by atoms with Gasteiger partial charge >= 0.3 is 0 Å². The molecule has 2 amide bonds. The van der Waals surface area contributed by atoms with Gasteiger partial charge in [-0.2, -0.15) is 0 Å². The second-order valence-corrected chi connectivity index (χ2v) is 8.85. The van der Waals surface area contributed by atoms with E-state index in [1.807, 2.05) is 56.3 Å². The fraction of sp³-hybridized carbons (Fsp3) is 0.167. The fourth-order valence-electron chi connectivity index (χ4n) is 3.51. The summed E-state index contributed by atoms with van der Waals surface area (Å²) in [6.07, 6.45) is 8.42. The van der Waals surface area contributed by atoms with E-state index in [0.29, 0.717) is 29.4 Å². The molecule has 39 heavy (non-hydrogen) atoms. The molecular weight excluding hydrogens is 490 g/mol. The molecule has 0 bridgehead atoms. The van der Waals surface area contributed by atoms with Crippen LogP contribution in [0.1, 0.15) is 23.3 Å². The van der Waals surface area contributed by atoms with E-state index in [-0.39, 0.29) is 19.2 Å². The third-order valence-electron chi connectivity index (χ3n) is 5.51. The number of benzene rings is 2. The van der Waals surface area contributed by atoms with E-state index in [9.17, 15) is 9.59 Å². The first-order valence-corrected chi connectivity index (χ1v) is 12.0. The van der Waals surface area contributed by atoms with E-state index < -0.39 is 0 Å². The number of hydrogen-bond donors (Lipinski definition) is 3. The SMILES string of the molecule is C.Cc1ccc(C(=O)Nc2ccc(Nc3nccc(-c4cccnc4)n3)cc2)cc1NC(=O)/C=C/CN(C)C. The minimum Gasteiger partial charge on any atom is -0.324 e. The molecule has 0 saturated heterocycles. The minimum atomic E-state index is -0.281. The van der Waals surface area contributed by atoms with E-state index in [4.69, 9.17) is 0 Å². The van der Waals surface area contributed by atoms with Gasteiger partial charge in [-0.05, 0) is 81.2 Å². The Morgan fingerprint density at radius 1 is 0.949 bits per heavy atom. The highest BCUT2D eigenvalue weighted by molar-refractivity contribution is 6.06. The average molecular weight is 524 g/mol. The Morgan fingerprint density at radius 2 is 1.72 bits per heavy atom. The molecule has 3 N–H and O–H groups in total. The Kier molecular flexibility index (Phi) is 10.00. The van der Waals surface area contributed by atoms with Gasteiger partial charge < -0.3 is 20.9 Å². The summed E-state index contributed by atoms with van der Waals surface area (Å²) in [6.45, 7) is 2.54. The van der Waals surface area contributed by atoms with Crippen molar-refractivity contribution in [3.05, 3.63) is 103 Å². The van der Waals surface area contributed by atoms with Crippen molar-refractivity contribution in [2.75, 3.05) is 36.6 Å². The molecule has 0 saturated carbocycles. The second-order valence-electron chi connectivity index (χ2n) is 8.85. The van der Waals surface area contributed by atoms with Crippen molar-refractivity contribution >= 4 is 34.8 Å². The van der Waals surface area contributed by atoms with Crippen molar-refractivity contribution < 1.29 is 9.59 Å². The smallest absolute Gasteiger partial charge is 0.255 e. The van der Waals surface area contributed by atoms with Gasteiger partial charge in [-0.3, -0.25) is 14.6 Å². The molecule has 2 aromatic carbocycles. The number of likely N-dealkylation sites (N-methyl/N-ethyl adjacent to an activating group) is 1. The summed E-state index contributed by atoms with van der Waals surface area (Å²) in [5.41, 5.74) is 4.95. The Balaban J connectivity index is 0.00000420. The Bertz CT molecular complexity index is 1440. The first kappa shape index (κ1) is 28.7. The number of rotatable bonds is 9. The first-order valence-electron chi connectivity index (χ1n) is 12.0. The second kappa shape index (κ2) is 13.6. The molecule has 0 aliphatic heterocycles. The highest BCUT2D eigenvalue weighted by Crippen LogP contribution is 2.21. The number of aryl methyl sites for hydroxylation is 1. The van der Waals surface area contributed by atoms with E-state index in [0.717, 1.165) is 22.5 Å². The van der Waals surface area contributed by atoms with Crippen LogP contribution in [0.5, 0.6) is 0 Å². The van der Waals surface area contributed by atoms with Crippen LogP contribution < -0.4 is 16.0 Å². The molecule has 0 fully saturated rings. The number of carbonyl (C=O) groups excluding carboxylic acids is 2. The maximum Gasteiger partial charge on any atom is 0.255 e. The van der Waals surface area contributed by atoms with Crippen LogP contribution in [0.3, 0.4) is 0 Å². The maximum atomic E-state index is 12.9. The van der Waals surface area contributed by atoms with Crippen molar-refractivity contribution in [3.8, 4) is 11.3 Å². The number of aromatic nitrogens is 3. The van der Waals surface area contributed by atoms with Gasteiger partial charge in [0, 0.05) is 59.4 Å². The molecule has 0 aliphatic rings. The third-order valence-corrected chi connectivity index (χ3v) is 5.51. The summed E-state index contributed by atoms with van der Waals surface area (Å²) >= 11 is 0. The molecular formula is C30H33N7O2. The molecule has 0 radical (unpaired) electrons. The Labute approximate surface area is 229 Å². The lowest BCUT2D eigenvalue weighted by Gasteiger charge is -2.11. The number of hydrogen-bond acceptors (Lipinski definition) is 7. The zero-order chi connectivity index (χ0) is 26.9. The van der Waals surface area contributed by atoms with E-state index in [2.05, 4.69) is 30.9 Å². The summed E-state index contributed by atoms with van der Waals surface area (Å²) in [6, 6.07) is 18.1. The van der Waals surface area contributed by atoms with Crippen LogP contribution in [0.25, 0.3) is 11.3 Å². The number of amides is 2. The van der Waals surface area contributed by atoms with E-state index in [1.165, 1.54) is 6.08 Å². The van der Waals surface area contributed by atoms with E-state index >= 15 is 0 Å². The van der Waals surface area contributed by atoms with Crippen molar-refractivity contribution in [3.63, 3.8) is 0 Å². The molecule has 4 aromatic rings. The van der Waals surface area contributed by atoms with Gasteiger partial charge in [0.05, 0.1) is 5.69 Å². The van der Waals surface area contributed by atoms with Crippen molar-refractivity contribution in [1.29, 1.82) is 0 Å². The maximum absolute atomic E-state index is 12.9. The van der Waals surface area contributed by atoms with E-state index in [1.54, 1.807) is 55.0 Å². The van der Waals surface area contributed by atoms with Crippen LogP contribution in [0.2, 0.25) is 0 Å². The highest BCUT2D eigenvalue weighted by atomic mass is 16.2. The molecule has 9 nitrogen and oxygen atoms in total. The topological polar surface area (TPSA) is 112 Å². The number of pyridine rings is 1. The van der Waals surface area contributed by atoms with Crippen LogP contribution in [0, 0.1) is 6.92 Å². The van der Waals surface area contributed by atoms with Crippen LogP contribution in [0.4, 0.5) is 23.0 Å². The summed E-state index contributed by atoms with van der Waals surface area (Å²) in [7, 11) is 3.85. The zero-order valence-electron chi connectivity index (χ0n) is 21.5. The molecule has 4 rings (SSSR count). The van der Waals surface area contributed by atoms with Gasteiger partial charge in [0.2, 0.25) is 11.9 Å². The monoisotopic (exact) mass is 523 g/mol. The highest BCUT2D eigenvalue weighted by Gasteiger charge is 2.10. The predicted molar refractivity (Wildman–Crippen MR) is 157 cm³/mol. The van der Waals surface area contributed by atoms with Crippen molar-refractivity contribution in [2.24, 2.45) is 0 Å². The number of nitrogens with one attached hydrogen (secondary N) is 3. The molecule has 9 heteroatoms. The third kappa shape index (κ3) is 8.31. The minimum absolute atomic E-state index is 0. The van der Waals surface area contributed by atoms with Gasteiger partial charge in [-0.1, -0.05) is 19.6 Å². The normalized spacial score (nSPS) is 10.7. The Morgan fingerprint density at radius 3 is 2.44 bits per heavy atom. The van der Waals surface area contributed by atoms with Crippen LogP contribution in [-0.4, -0.2) is 52.3 Å². The molecule has 0 atom stereocenters. The fourth-order valence-corrected chi connectivity index (χ4v) is 3.51. The number of nitrogens with zero attached hydrogens (tertiary/aromatic N) is 4. The largest absolute Gasteiger partial charge is 0.324 e. The average Bonchev–Trinajstić information content (AvgIpc) is 2.91. The summed E-state index contributed by atoms with van der Waals surface area (Å²) in [4.78, 5) is 40.0. The van der Waals surface area contributed by atoms with Gasteiger partial charge in [-0.15, -0.1) is 0 Å². The van der Waals surface area contributed by atoms with Gasteiger partial charge in [0.25, 0.3) is 5.91 Å². The number of anilines is 4. The first-order chi connectivity index (χ1) is 18.4. The Hall–Kier alpha value is -4.89. The molecule has 2 heterocycles. The summed E-state index contributed by atoms with van der Waals surface area (Å²) in [5, 5.41) is 8.90. The standard InChI is InChI=1S/C29H29N7O2.CH4/c1-20-8-9-21(18-26(20)34-27(37)7-5-17-36(2)3)28(38)32-23-10-12-24(13-11-23)33-29-31-16-14-25(35-29)22-6-4-15-30-19-22;/h4-16,18-19H,17H2,1-3H3,(H,32,38)(H,34,37)(H,31,33,35);1H4/b7-5+;. The van der Waals surface area contributed by atoms with Gasteiger partial charge in [-0.25, -0.2) is 9.97 Å². The van der Waals surface area contributed by atoms with Crippen LogP contribution in [-0.2, 0) is 4.79 Å². The van der Waals surface area contributed by atoms with Crippen LogP contribution in [0.15, 0.2) is 91.4 Å². The summed E-state index contributed by atoms with van der Waals surface area (Å²) < 4.78 is 0. The van der Waals surface area contributed by atoms with Crippen LogP contribution >= 0.6 is 0 Å². The molecule has 0 spiro atoms. The van der Waals surface area contributed by atoms with Gasteiger partial charge in [0.1, 0.15) is 0 Å². The molecule has 0 unspecified atom stereocenters.